The van der Waals surface area contributed by atoms with E-state index in [1.165, 1.54) is 0 Å². The second-order valence-electron chi connectivity index (χ2n) is 4.17. The number of hydrogen-bond donors (Lipinski definition) is 2. The molecule has 0 atom stereocenters. The van der Waals surface area contributed by atoms with Crippen LogP contribution >= 0.6 is 23.2 Å². The summed E-state index contributed by atoms with van der Waals surface area (Å²) in [6, 6.07) is 10.4. The van der Waals surface area contributed by atoms with E-state index in [4.69, 9.17) is 23.2 Å². The molecule has 2 N–H and O–H groups in total. The molecule has 4 nitrogen and oxygen atoms in total. The fourth-order valence-electron chi connectivity index (χ4n) is 1.87. The number of halogens is 2. The van der Waals surface area contributed by atoms with Crippen LogP contribution < -0.4 is 5.32 Å². The number of carbonyl (C=O) groups is 1. The highest BCUT2D eigenvalue weighted by molar-refractivity contribution is 6.44. The van der Waals surface area contributed by atoms with Crippen LogP contribution in [0.5, 0.6) is 0 Å². The van der Waals surface area contributed by atoms with Crippen LogP contribution in [-0.4, -0.2) is 15.9 Å². The summed E-state index contributed by atoms with van der Waals surface area (Å²) in [6.45, 7) is 0. The second-order valence-corrected chi connectivity index (χ2v) is 4.96. The second kappa shape index (κ2) is 5.15. The average Bonchev–Trinajstić information content (AvgIpc) is 2.88. The zero-order chi connectivity index (χ0) is 14.1. The van der Waals surface area contributed by atoms with Gasteiger partial charge in [-0.2, -0.15) is 0 Å². The first-order valence-corrected chi connectivity index (χ1v) is 6.60. The van der Waals surface area contributed by atoms with Gasteiger partial charge in [-0.25, -0.2) is 0 Å². The van der Waals surface area contributed by atoms with Crippen LogP contribution in [0.15, 0.2) is 42.6 Å². The quantitative estimate of drug-likeness (QED) is 0.748. The molecule has 1 aromatic carbocycles. The Morgan fingerprint density at radius 2 is 2.05 bits per heavy atom. The van der Waals surface area contributed by atoms with E-state index in [2.05, 4.69) is 15.3 Å². The molecule has 1 amide bonds. The maximum atomic E-state index is 12.2. The highest BCUT2D eigenvalue weighted by Gasteiger charge is 2.12. The van der Waals surface area contributed by atoms with Crippen LogP contribution in [-0.2, 0) is 0 Å². The van der Waals surface area contributed by atoms with Crippen LogP contribution in [0.1, 0.15) is 10.5 Å². The summed E-state index contributed by atoms with van der Waals surface area (Å²) in [6.07, 6.45) is 1.67. The van der Waals surface area contributed by atoms with Crippen molar-refractivity contribution < 1.29 is 4.79 Å². The molecule has 0 aliphatic carbocycles. The molecule has 2 aromatic heterocycles. The number of benzene rings is 1. The maximum Gasteiger partial charge on any atom is 0.272 e. The monoisotopic (exact) mass is 305 g/mol. The minimum atomic E-state index is -0.299. The minimum Gasteiger partial charge on any atom is -0.349 e. The molecule has 0 spiro atoms. The molecule has 0 saturated heterocycles. The Morgan fingerprint density at radius 1 is 1.20 bits per heavy atom. The predicted octanol–water partition coefficient (Wildman–Crippen LogP) is 4.12. The van der Waals surface area contributed by atoms with Crippen molar-refractivity contribution in [3.8, 4) is 0 Å². The maximum absolute atomic E-state index is 12.2. The molecule has 3 aromatic rings. The normalized spacial score (nSPS) is 10.7. The van der Waals surface area contributed by atoms with E-state index in [0.717, 1.165) is 11.0 Å². The number of rotatable bonds is 2. The third-order valence-corrected chi connectivity index (χ3v) is 3.65. The van der Waals surface area contributed by atoms with Gasteiger partial charge in [0.2, 0.25) is 0 Å². The number of pyridine rings is 1. The highest BCUT2D eigenvalue weighted by atomic mass is 35.5. The lowest BCUT2D eigenvalue weighted by molar-refractivity contribution is 0.102. The summed E-state index contributed by atoms with van der Waals surface area (Å²) in [4.78, 5) is 19.3. The van der Waals surface area contributed by atoms with Crippen molar-refractivity contribution in [3.63, 3.8) is 0 Å². The molecule has 0 bridgehead atoms. The van der Waals surface area contributed by atoms with Crippen LogP contribution in [0.2, 0.25) is 10.0 Å². The van der Waals surface area contributed by atoms with Crippen molar-refractivity contribution in [2.75, 3.05) is 5.32 Å². The number of carbonyl (C=O) groups excluding carboxylic acids is 1. The van der Waals surface area contributed by atoms with Gasteiger partial charge in [0.05, 0.1) is 26.8 Å². The first kappa shape index (κ1) is 13.0. The third-order valence-electron chi connectivity index (χ3n) is 2.83. The fourth-order valence-corrected chi connectivity index (χ4v) is 2.22. The predicted molar refractivity (Wildman–Crippen MR) is 80.5 cm³/mol. The Labute approximate surface area is 124 Å². The van der Waals surface area contributed by atoms with Crippen LogP contribution in [0.25, 0.3) is 11.0 Å². The number of nitrogens with zero attached hydrogens (tertiary/aromatic N) is 1. The van der Waals surface area contributed by atoms with Crippen molar-refractivity contribution in [2.45, 2.75) is 0 Å². The van der Waals surface area contributed by atoms with Crippen molar-refractivity contribution in [1.82, 2.24) is 9.97 Å². The SMILES string of the molecule is O=C(Nc1cccc(Cl)c1Cl)c1cc2ncccc2[nH]1. The summed E-state index contributed by atoms with van der Waals surface area (Å²) in [5.74, 6) is -0.299. The number of hydrogen-bond acceptors (Lipinski definition) is 2. The molecule has 6 heteroatoms. The van der Waals surface area contributed by atoms with Gasteiger partial charge >= 0.3 is 0 Å². The van der Waals surface area contributed by atoms with Crippen molar-refractivity contribution in [3.05, 3.63) is 58.3 Å². The van der Waals surface area contributed by atoms with Crippen molar-refractivity contribution in [2.24, 2.45) is 0 Å². The average molecular weight is 306 g/mol. The van der Waals surface area contributed by atoms with Gasteiger partial charge in [-0.1, -0.05) is 29.3 Å². The summed E-state index contributed by atoms with van der Waals surface area (Å²) < 4.78 is 0. The summed E-state index contributed by atoms with van der Waals surface area (Å²) >= 11 is 11.9. The molecule has 0 fully saturated rings. The van der Waals surface area contributed by atoms with E-state index in [1.54, 1.807) is 36.5 Å². The van der Waals surface area contributed by atoms with Gasteiger partial charge < -0.3 is 10.3 Å². The van der Waals surface area contributed by atoms with E-state index in [9.17, 15) is 4.79 Å². The van der Waals surface area contributed by atoms with Crippen LogP contribution in [0.4, 0.5) is 5.69 Å². The lowest BCUT2D eigenvalue weighted by Crippen LogP contribution is -2.12. The fraction of sp³-hybridized carbons (Fsp3) is 0. The smallest absolute Gasteiger partial charge is 0.272 e. The zero-order valence-electron chi connectivity index (χ0n) is 10.2. The van der Waals surface area contributed by atoms with Gasteiger partial charge in [-0.05, 0) is 30.3 Å². The van der Waals surface area contributed by atoms with Gasteiger partial charge in [0.25, 0.3) is 5.91 Å². The molecular formula is C14H9Cl2N3O. The van der Waals surface area contributed by atoms with Crippen molar-refractivity contribution in [1.29, 1.82) is 0 Å². The number of aromatic nitrogens is 2. The summed E-state index contributed by atoms with van der Waals surface area (Å²) in [7, 11) is 0. The zero-order valence-corrected chi connectivity index (χ0v) is 11.7. The van der Waals surface area contributed by atoms with Gasteiger partial charge in [0, 0.05) is 6.20 Å². The number of anilines is 1. The molecule has 3 rings (SSSR count). The Morgan fingerprint density at radius 3 is 2.85 bits per heavy atom. The topological polar surface area (TPSA) is 57.8 Å². The largest absolute Gasteiger partial charge is 0.349 e. The molecule has 0 aliphatic rings. The molecule has 0 saturated carbocycles. The molecule has 20 heavy (non-hydrogen) atoms. The number of nitrogens with one attached hydrogen (secondary N) is 2. The summed E-state index contributed by atoms with van der Waals surface area (Å²) in [5.41, 5.74) is 2.41. The molecule has 0 unspecified atom stereocenters. The molecular weight excluding hydrogens is 297 g/mol. The first-order chi connectivity index (χ1) is 9.65. The van der Waals surface area contributed by atoms with E-state index < -0.39 is 0 Å². The van der Waals surface area contributed by atoms with E-state index in [0.29, 0.717) is 21.4 Å². The summed E-state index contributed by atoms with van der Waals surface area (Å²) in [5, 5.41) is 3.42. The Bertz CT molecular complexity index is 765. The standard InChI is InChI=1S/C14H9Cl2N3O/c15-8-3-1-4-10(13(8)16)19-14(20)12-7-11-9(18-12)5-2-6-17-11/h1-7,18H,(H,19,20). The number of fused-ring (bicyclic) bond motifs is 1. The molecule has 0 radical (unpaired) electrons. The highest BCUT2D eigenvalue weighted by Crippen LogP contribution is 2.29. The number of H-pyrrole nitrogens is 1. The minimum absolute atomic E-state index is 0.299. The molecule has 2 heterocycles. The Kier molecular flexibility index (Phi) is 3.34. The van der Waals surface area contributed by atoms with Gasteiger partial charge in [-0.15, -0.1) is 0 Å². The first-order valence-electron chi connectivity index (χ1n) is 5.84. The van der Waals surface area contributed by atoms with Gasteiger partial charge in [-0.3, -0.25) is 9.78 Å². The Hall–Kier alpha value is -2.04. The number of aromatic amines is 1. The van der Waals surface area contributed by atoms with Crippen LogP contribution in [0, 0.1) is 0 Å². The van der Waals surface area contributed by atoms with Crippen molar-refractivity contribution >= 4 is 45.8 Å². The van der Waals surface area contributed by atoms with Crippen LogP contribution in [0.3, 0.4) is 0 Å². The van der Waals surface area contributed by atoms with E-state index in [-0.39, 0.29) is 5.91 Å². The number of amides is 1. The van der Waals surface area contributed by atoms with Gasteiger partial charge in [0.15, 0.2) is 0 Å². The Balaban J connectivity index is 1.91. The van der Waals surface area contributed by atoms with E-state index in [1.807, 2.05) is 6.07 Å². The molecule has 0 aliphatic heterocycles. The van der Waals surface area contributed by atoms with Gasteiger partial charge in [0.1, 0.15) is 5.69 Å². The molecule has 100 valence electrons. The lowest BCUT2D eigenvalue weighted by atomic mass is 10.3. The van der Waals surface area contributed by atoms with E-state index >= 15 is 0 Å². The lowest BCUT2D eigenvalue weighted by Gasteiger charge is -2.06. The third kappa shape index (κ3) is 2.35.